The fourth-order valence-corrected chi connectivity index (χ4v) is 2.59. The number of benzene rings is 1. The summed E-state index contributed by atoms with van der Waals surface area (Å²) in [7, 11) is 3.42. The summed E-state index contributed by atoms with van der Waals surface area (Å²) in [6.07, 6.45) is 3.65. The highest BCUT2D eigenvalue weighted by Crippen LogP contribution is 2.25. The molecule has 0 aliphatic rings. The number of hydrogen-bond donors (Lipinski definition) is 1. The van der Waals surface area contributed by atoms with Gasteiger partial charge in [0.15, 0.2) is 0 Å². The average molecular weight is 313 g/mol. The molecule has 0 atom stereocenters. The Labute approximate surface area is 133 Å². The van der Waals surface area contributed by atoms with Crippen LogP contribution in [0, 0.1) is 6.92 Å². The molecule has 1 aromatic carbocycles. The minimum Gasteiger partial charge on any atom is -0.481 e. The standard InChI is InChI=1S/C16H19N5O2/c1-11-17-6-8-21(11)9-7-18-15(22)12-4-5-13-14(10-12)19-20(2)16(13)23-3/h4-6,8,10H,7,9H2,1-3H3,(H,18,22). The van der Waals surface area contributed by atoms with Gasteiger partial charge < -0.3 is 14.6 Å². The van der Waals surface area contributed by atoms with Crippen molar-refractivity contribution in [3.05, 3.63) is 42.0 Å². The number of rotatable bonds is 5. The number of hydrogen-bond acceptors (Lipinski definition) is 4. The Balaban J connectivity index is 1.70. The van der Waals surface area contributed by atoms with Gasteiger partial charge in [-0.1, -0.05) is 0 Å². The molecule has 3 rings (SSSR count). The van der Waals surface area contributed by atoms with Crippen LogP contribution in [0.5, 0.6) is 5.88 Å². The lowest BCUT2D eigenvalue weighted by Crippen LogP contribution is -2.27. The highest BCUT2D eigenvalue weighted by Gasteiger charge is 2.12. The number of amides is 1. The number of methoxy groups -OCH3 is 1. The van der Waals surface area contributed by atoms with E-state index in [1.54, 1.807) is 30.1 Å². The summed E-state index contributed by atoms with van der Waals surface area (Å²) in [5.41, 5.74) is 1.32. The van der Waals surface area contributed by atoms with E-state index in [4.69, 9.17) is 4.74 Å². The summed E-state index contributed by atoms with van der Waals surface area (Å²) in [4.78, 5) is 16.4. The summed E-state index contributed by atoms with van der Waals surface area (Å²) < 4.78 is 8.96. The minimum absolute atomic E-state index is 0.116. The first-order chi connectivity index (χ1) is 11.1. The third kappa shape index (κ3) is 2.90. The van der Waals surface area contributed by atoms with Crippen LogP contribution in [-0.2, 0) is 13.6 Å². The molecule has 0 saturated heterocycles. The van der Waals surface area contributed by atoms with E-state index in [1.807, 2.05) is 30.8 Å². The molecule has 0 radical (unpaired) electrons. The smallest absolute Gasteiger partial charge is 0.251 e. The van der Waals surface area contributed by atoms with Crippen LogP contribution in [0.4, 0.5) is 0 Å². The number of carbonyl (C=O) groups is 1. The Morgan fingerprint density at radius 3 is 2.91 bits per heavy atom. The number of nitrogens with one attached hydrogen (secondary N) is 1. The van der Waals surface area contributed by atoms with Crippen molar-refractivity contribution in [2.24, 2.45) is 7.05 Å². The zero-order valence-electron chi connectivity index (χ0n) is 13.4. The quantitative estimate of drug-likeness (QED) is 0.775. The number of fused-ring (bicyclic) bond motifs is 1. The van der Waals surface area contributed by atoms with Crippen LogP contribution in [0.3, 0.4) is 0 Å². The monoisotopic (exact) mass is 313 g/mol. The molecule has 0 bridgehead atoms. The summed E-state index contributed by atoms with van der Waals surface area (Å²) >= 11 is 0. The number of carbonyl (C=O) groups excluding carboxylic acids is 1. The number of nitrogens with zero attached hydrogens (tertiary/aromatic N) is 4. The highest BCUT2D eigenvalue weighted by molar-refractivity contribution is 5.98. The van der Waals surface area contributed by atoms with Crippen LogP contribution in [0.1, 0.15) is 16.2 Å². The maximum Gasteiger partial charge on any atom is 0.251 e. The van der Waals surface area contributed by atoms with Gasteiger partial charge in [0.05, 0.1) is 18.0 Å². The van der Waals surface area contributed by atoms with Crippen molar-refractivity contribution in [1.29, 1.82) is 0 Å². The molecule has 7 heteroatoms. The van der Waals surface area contributed by atoms with Crippen molar-refractivity contribution in [3.8, 4) is 5.88 Å². The van der Waals surface area contributed by atoms with Gasteiger partial charge in [0.2, 0.25) is 5.88 Å². The van der Waals surface area contributed by atoms with Gasteiger partial charge in [0.25, 0.3) is 5.91 Å². The SMILES string of the molecule is COc1c2ccc(C(=O)NCCn3ccnc3C)cc2nn1C. The maximum atomic E-state index is 12.3. The largest absolute Gasteiger partial charge is 0.481 e. The topological polar surface area (TPSA) is 74.0 Å². The Morgan fingerprint density at radius 2 is 2.22 bits per heavy atom. The predicted octanol–water partition coefficient (Wildman–Crippen LogP) is 1.52. The lowest BCUT2D eigenvalue weighted by atomic mass is 10.1. The van der Waals surface area contributed by atoms with Crippen molar-refractivity contribution in [2.45, 2.75) is 13.5 Å². The van der Waals surface area contributed by atoms with E-state index < -0.39 is 0 Å². The molecule has 1 amide bonds. The normalized spacial score (nSPS) is 10.9. The number of ether oxygens (including phenoxy) is 1. The zero-order valence-corrected chi connectivity index (χ0v) is 13.4. The van der Waals surface area contributed by atoms with E-state index in [-0.39, 0.29) is 5.91 Å². The number of aromatic nitrogens is 4. The molecule has 120 valence electrons. The fraction of sp³-hybridized carbons (Fsp3) is 0.312. The lowest BCUT2D eigenvalue weighted by molar-refractivity contribution is 0.0952. The van der Waals surface area contributed by atoms with Crippen LogP contribution in [-0.4, -0.2) is 38.9 Å². The molecule has 7 nitrogen and oxygen atoms in total. The minimum atomic E-state index is -0.116. The van der Waals surface area contributed by atoms with E-state index in [0.29, 0.717) is 24.5 Å². The van der Waals surface area contributed by atoms with Gasteiger partial charge in [-0.2, -0.15) is 5.10 Å². The Kier molecular flexibility index (Phi) is 4.01. The van der Waals surface area contributed by atoms with E-state index in [0.717, 1.165) is 16.7 Å². The maximum absolute atomic E-state index is 12.3. The third-order valence-corrected chi connectivity index (χ3v) is 3.80. The lowest BCUT2D eigenvalue weighted by Gasteiger charge is -2.07. The van der Waals surface area contributed by atoms with E-state index in [2.05, 4.69) is 15.4 Å². The molecular weight excluding hydrogens is 294 g/mol. The molecule has 3 aromatic rings. The molecule has 2 aromatic heterocycles. The molecule has 23 heavy (non-hydrogen) atoms. The second kappa shape index (κ2) is 6.12. The Bertz CT molecular complexity index is 849. The first-order valence-electron chi connectivity index (χ1n) is 7.37. The molecule has 0 aliphatic carbocycles. The van der Waals surface area contributed by atoms with E-state index in [1.165, 1.54) is 0 Å². The van der Waals surface area contributed by atoms with Crippen molar-refractivity contribution in [3.63, 3.8) is 0 Å². The van der Waals surface area contributed by atoms with Gasteiger partial charge in [0, 0.05) is 38.1 Å². The Morgan fingerprint density at radius 1 is 1.39 bits per heavy atom. The molecule has 0 unspecified atom stereocenters. The van der Waals surface area contributed by atoms with Gasteiger partial charge in [-0.3, -0.25) is 4.79 Å². The van der Waals surface area contributed by atoms with E-state index >= 15 is 0 Å². The predicted molar refractivity (Wildman–Crippen MR) is 86.6 cm³/mol. The van der Waals surface area contributed by atoms with Crippen molar-refractivity contribution < 1.29 is 9.53 Å². The van der Waals surface area contributed by atoms with Crippen LogP contribution in [0.15, 0.2) is 30.6 Å². The van der Waals surface area contributed by atoms with Gasteiger partial charge in [0.1, 0.15) is 5.82 Å². The summed E-state index contributed by atoms with van der Waals surface area (Å²) in [6.45, 7) is 3.17. The average Bonchev–Trinajstić information content (AvgIpc) is 3.08. The van der Waals surface area contributed by atoms with Crippen LogP contribution in [0.2, 0.25) is 0 Å². The van der Waals surface area contributed by atoms with Crippen molar-refractivity contribution in [2.75, 3.05) is 13.7 Å². The second-order valence-corrected chi connectivity index (χ2v) is 5.29. The highest BCUT2D eigenvalue weighted by atomic mass is 16.5. The number of aryl methyl sites for hydroxylation is 2. The second-order valence-electron chi connectivity index (χ2n) is 5.29. The first kappa shape index (κ1) is 15.1. The van der Waals surface area contributed by atoms with Gasteiger partial charge >= 0.3 is 0 Å². The Hall–Kier alpha value is -2.83. The molecule has 1 N–H and O–H groups in total. The fourth-order valence-electron chi connectivity index (χ4n) is 2.59. The van der Waals surface area contributed by atoms with Gasteiger partial charge in [-0.15, -0.1) is 0 Å². The van der Waals surface area contributed by atoms with Crippen molar-refractivity contribution in [1.82, 2.24) is 24.6 Å². The zero-order chi connectivity index (χ0) is 16.4. The van der Waals surface area contributed by atoms with Crippen LogP contribution < -0.4 is 10.1 Å². The molecule has 0 aliphatic heterocycles. The molecule has 0 saturated carbocycles. The van der Waals surface area contributed by atoms with Crippen LogP contribution >= 0.6 is 0 Å². The van der Waals surface area contributed by atoms with Gasteiger partial charge in [-0.05, 0) is 25.1 Å². The summed E-state index contributed by atoms with van der Waals surface area (Å²) in [5, 5.41) is 8.16. The summed E-state index contributed by atoms with van der Waals surface area (Å²) in [6, 6.07) is 5.41. The summed E-state index contributed by atoms with van der Waals surface area (Å²) in [5.74, 6) is 1.50. The van der Waals surface area contributed by atoms with Gasteiger partial charge in [-0.25, -0.2) is 9.67 Å². The number of imidazole rings is 1. The van der Waals surface area contributed by atoms with Crippen molar-refractivity contribution >= 4 is 16.8 Å². The molecule has 2 heterocycles. The van der Waals surface area contributed by atoms with E-state index in [9.17, 15) is 4.79 Å². The molecule has 0 spiro atoms. The molecular formula is C16H19N5O2. The first-order valence-corrected chi connectivity index (χ1v) is 7.37. The third-order valence-electron chi connectivity index (χ3n) is 3.80. The molecule has 0 fully saturated rings. The van der Waals surface area contributed by atoms with Crippen LogP contribution in [0.25, 0.3) is 10.9 Å².